The maximum atomic E-state index is 5.25. The van der Waals surface area contributed by atoms with Crippen molar-refractivity contribution in [1.29, 1.82) is 0 Å². The summed E-state index contributed by atoms with van der Waals surface area (Å²) < 4.78 is 6.42. The number of rotatable bonds is 6. The zero-order valence-electron chi connectivity index (χ0n) is 10.2. The molecule has 1 N–H and O–H groups in total. The maximum Gasteiger partial charge on any atom is 0.119 e. The van der Waals surface area contributed by atoms with Crippen LogP contribution in [0.25, 0.3) is 0 Å². The Bertz CT molecular complexity index is 328. The molecule has 0 bridgehead atoms. The molecule has 3 heteroatoms. The van der Waals surface area contributed by atoms with E-state index in [0.29, 0.717) is 5.92 Å². The Kier molecular flexibility index (Phi) is 5.85. The smallest absolute Gasteiger partial charge is 0.119 e. The lowest BCUT2D eigenvalue weighted by Gasteiger charge is -2.15. The summed E-state index contributed by atoms with van der Waals surface area (Å²) in [6, 6.07) is 6.15. The van der Waals surface area contributed by atoms with Crippen molar-refractivity contribution in [3.05, 3.63) is 28.2 Å². The molecule has 0 spiro atoms. The number of nitrogens with one attached hydrogen (secondary N) is 1. The molecule has 0 aliphatic rings. The van der Waals surface area contributed by atoms with E-state index in [1.165, 1.54) is 16.5 Å². The lowest BCUT2D eigenvalue weighted by atomic mass is 9.97. The largest absolute Gasteiger partial charge is 0.497 e. The van der Waals surface area contributed by atoms with Gasteiger partial charge < -0.3 is 10.1 Å². The van der Waals surface area contributed by atoms with Gasteiger partial charge in [0, 0.05) is 4.47 Å². The molecule has 0 aromatic heterocycles. The van der Waals surface area contributed by atoms with E-state index < -0.39 is 0 Å². The van der Waals surface area contributed by atoms with Gasteiger partial charge in [-0.3, -0.25) is 0 Å². The van der Waals surface area contributed by atoms with Crippen LogP contribution in [-0.2, 0) is 6.42 Å². The average Bonchev–Trinajstić information content (AvgIpc) is 2.31. The van der Waals surface area contributed by atoms with Crippen molar-refractivity contribution >= 4 is 15.9 Å². The average molecular weight is 286 g/mol. The molecule has 0 aliphatic heterocycles. The molecular formula is C13H20BrNO. The summed E-state index contributed by atoms with van der Waals surface area (Å²) in [4.78, 5) is 0. The Balaban J connectivity index is 2.77. The molecule has 2 nitrogen and oxygen atoms in total. The van der Waals surface area contributed by atoms with Crippen molar-refractivity contribution in [3.63, 3.8) is 0 Å². The first-order valence-electron chi connectivity index (χ1n) is 5.68. The fourth-order valence-electron chi connectivity index (χ4n) is 1.80. The Hall–Kier alpha value is -0.540. The van der Waals surface area contributed by atoms with Crippen LogP contribution < -0.4 is 10.1 Å². The van der Waals surface area contributed by atoms with Crippen LogP contribution in [0.4, 0.5) is 0 Å². The van der Waals surface area contributed by atoms with Crippen LogP contribution in [0, 0.1) is 5.92 Å². The minimum Gasteiger partial charge on any atom is -0.497 e. The van der Waals surface area contributed by atoms with Crippen LogP contribution in [0.15, 0.2) is 22.7 Å². The minimum atomic E-state index is 0.674. The summed E-state index contributed by atoms with van der Waals surface area (Å²) >= 11 is 3.59. The highest BCUT2D eigenvalue weighted by atomic mass is 79.9. The van der Waals surface area contributed by atoms with Gasteiger partial charge in [-0.15, -0.1) is 0 Å². The number of benzene rings is 1. The van der Waals surface area contributed by atoms with Gasteiger partial charge >= 0.3 is 0 Å². The number of hydrogen-bond acceptors (Lipinski definition) is 2. The highest BCUT2D eigenvalue weighted by Crippen LogP contribution is 2.25. The summed E-state index contributed by atoms with van der Waals surface area (Å²) in [6.07, 6.45) is 2.26. The van der Waals surface area contributed by atoms with Crippen LogP contribution in [0.3, 0.4) is 0 Å². The molecule has 0 saturated heterocycles. The molecule has 0 radical (unpaired) electrons. The predicted octanol–water partition coefficient (Wildman–Crippen LogP) is 3.25. The van der Waals surface area contributed by atoms with Crippen molar-refractivity contribution in [1.82, 2.24) is 5.32 Å². The van der Waals surface area contributed by atoms with Gasteiger partial charge in [-0.25, -0.2) is 0 Å². The first-order valence-corrected chi connectivity index (χ1v) is 6.47. The molecule has 0 amide bonds. The van der Waals surface area contributed by atoms with Crippen LogP contribution in [0.2, 0.25) is 0 Å². The Morgan fingerprint density at radius 1 is 1.44 bits per heavy atom. The second-order valence-corrected chi connectivity index (χ2v) is 4.85. The molecule has 0 fully saturated rings. The normalized spacial score (nSPS) is 12.5. The van der Waals surface area contributed by atoms with Crippen molar-refractivity contribution < 1.29 is 4.74 Å². The Morgan fingerprint density at radius 2 is 2.19 bits per heavy atom. The number of ether oxygens (including phenoxy) is 1. The van der Waals surface area contributed by atoms with Crippen LogP contribution in [-0.4, -0.2) is 20.7 Å². The topological polar surface area (TPSA) is 21.3 Å². The second kappa shape index (κ2) is 6.92. The molecule has 1 atom stereocenters. The van der Waals surface area contributed by atoms with Gasteiger partial charge in [0.15, 0.2) is 0 Å². The Labute approximate surface area is 107 Å². The summed E-state index contributed by atoms with van der Waals surface area (Å²) in [5, 5.41) is 3.24. The van der Waals surface area contributed by atoms with Gasteiger partial charge in [-0.05, 0) is 49.7 Å². The molecular weight excluding hydrogens is 266 g/mol. The summed E-state index contributed by atoms with van der Waals surface area (Å²) in [5.41, 5.74) is 1.32. The Morgan fingerprint density at radius 3 is 2.75 bits per heavy atom. The minimum absolute atomic E-state index is 0.674. The van der Waals surface area contributed by atoms with Crippen molar-refractivity contribution in [2.45, 2.75) is 19.8 Å². The first-order chi connectivity index (χ1) is 7.71. The van der Waals surface area contributed by atoms with E-state index >= 15 is 0 Å². The zero-order chi connectivity index (χ0) is 12.0. The van der Waals surface area contributed by atoms with E-state index in [2.05, 4.69) is 40.3 Å². The number of hydrogen-bond donors (Lipinski definition) is 1. The first kappa shape index (κ1) is 13.5. The van der Waals surface area contributed by atoms with E-state index in [4.69, 9.17) is 4.74 Å². The lowest BCUT2D eigenvalue weighted by molar-refractivity contribution is 0.413. The second-order valence-electron chi connectivity index (χ2n) is 3.99. The quantitative estimate of drug-likeness (QED) is 0.866. The van der Waals surface area contributed by atoms with E-state index in [9.17, 15) is 0 Å². The SMILES string of the molecule is CCC(CNC)Cc1cc(OC)ccc1Br. The maximum absolute atomic E-state index is 5.25. The zero-order valence-corrected chi connectivity index (χ0v) is 11.8. The van der Waals surface area contributed by atoms with Gasteiger partial charge in [-0.1, -0.05) is 29.3 Å². The van der Waals surface area contributed by atoms with Crippen LogP contribution >= 0.6 is 15.9 Å². The third-order valence-corrected chi connectivity index (χ3v) is 3.61. The molecule has 1 aromatic carbocycles. The molecule has 1 aromatic rings. The number of halogens is 1. The highest BCUT2D eigenvalue weighted by molar-refractivity contribution is 9.10. The standard InChI is InChI=1S/C13H20BrNO/c1-4-10(9-15-2)7-11-8-12(16-3)5-6-13(11)14/h5-6,8,10,15H,4,7,9H2,1-3H3. The van der Waals surface area contributed by atoms with Crippen molar-refractivity contribution in [2.75, 3.05) is 20.7 Å². The van der Waals surface area contributed by atoms with Gasteiger partial charge in [0.2, 0.25) is 0 Å². The monoisotopic (exact) mass is 285 g/mol. The van der Waals surface area contributed by atoms with E-state index in [1.807, 2.05) is 13.1 Å². The summed E-state index contributed by atoms with van der Waals surface area (Å²) in [7, 11) is 3.71. The molecule has 0 saturated carbocycles. The summed E-state index contributed by atoms with van der Waals surface area (Å²) in [6.45, 7) is 3.29. The van der Waals surface area contributed by atoms with Gasteiger partial charge in [0.25, 0.3) is 0 Å². The van der Waals surface area contributed by atoms with E-state index in [-0.39, 0.29) is 0 Å². The molecule has 90 valence electrons. The fourth-order valence-corrected chi connectivity index (χ4v) is 2.20. The fraction of sp³-hybridized carbons (Fsp3) is 0.538. The number of methoxy groups -OCH3 is 1. The van der Waals surface area contributed by atoms with Gasteiger partial charge in [0.1, 0.15) is 5.75 Å². The third-order valence-electron chi connectivity index (χ3n) is 2.83. The summed E-state index contributed by atoms with van der Waals surface area (Å²) in [5.74, 6) is 1.60. The van der Waals surface area contributed by atoms with Crippen molar-refractivity contribution in [3.8, 4) is 5.75 Å². The molecule has 16 heavy (non-hydrogen) atoms. The molecule has 0 heterocycles. The lowest BCUT2D eigenvalue weighted by Crippen LogP contribution is -2.20. The van der Waals surface area contributed by atoms with Crippen LogP contribution in [0.5, 0.6) is 5.75 Å². The van der Waals surface area contributed by atoms with Gasteiger partial charge in [0.05, 0.1) is 7.11 Å². The van der Waals surface area contributed by atoms with Crippen molar-refractivity contribution in [2.24, 2.45) is 5.92 Å². The predicted molar refractivity (Wildman–Crippen MR) is 72.1 cm³/mol. The van der Waals surface area contributed by atoms with Crippen LogP contribution in [0.1, 0.15) is 18.9 Å². The molecule has 1 unspecified atom stereocenters. The van der Waals surface area contributed by atoms with Gasteiger partial charge in [-0.2, -0.15) is 0 Å². The molecule has 0 aliphatic carbocycles. The van der Waals surface area contributed by atoms with E-state index in [0.717, 1.165) is 18.7 Å². The highest BCUT2D eigenvalue weighted by Gasteiger charge is 2.09. The third kappa shape index (κ3) is 3.80. The van der Waals surface area contributed by atoms with E-state index in [1.54, 1.807) is 7.11 Å². The molecule has 1 rings (SSSR count).